The van der Waals surface area contributed by atoms with Crippen molar-refractivity contribution < 1.29 is 4.79 Å². The van der Waals surface area contributed by atoms with E-state index in [2.05, 4.69) is 27.7 Å². The Kier molecular flexibility index (Phi) is 5.86. The zero-order chi connectivity index (χ0) is 13.8. The quantitative estimate of drug-likeness (QED) is 0.514. The Balaban J connectivity index is 2.85. The van der Waals surface area contributed by atoms with Crippen LogP contribution < -0.4 is 5.32 Å². The summed E-state index contributed by atoms with van der Waals surface area (Å²) >= 11 is 27.1. The van der Waals surface area contributed by atoms with Crippen molar-refractivity contribution >= 4 is 69.7 Å². The van der Waals surface area contributed by atoms with E-state index in [1.165, 1.54) is 12.1 Å². The molecule has 8 heteroatoms. The van der Waals surface area contributed by atoms with Gasteiger partial charge in [0.1, 0.15) is 0 Å². The van der Waals surface area contributed by atoms with Crippen LogP contribution >= 0.6 is 58.6 Å². The van der Waals surface area contributed by atoms with Gasteiger partial charge in [-0.05, 0) is 36.5 Å². The van der Waals surface area contributed by atoms with E-state index in [0.717, 1.165) is 0 Å². The van der Waals surface area contributed by atoms with Crippen LogP contribution in [0.4, 0.5) is 0 Å². The number of thiocarbonyl (C=S) groups is 1. The number of nitrogens with zero attached hydrogens (tertiary/aromatic N) is 1. The summed E-state index contributed by atoms with van der Waals surface area (Å²) in [6.07, 6.45) is -1.11. The highest BCUT2D eigenvalue weighted by atomic mass is 35.6. The van der Waals surface area contributed by atoms with Crippen molar-refractivity contribution in [3.05, 3.63) is 34.9 Å². The molecule has 0 fully saturated rings. The molecule has 0 aromatic heterocycles. The molecule has 0 spiro atoms. The molecule has 1 rings (SSSR count). The van der Waals surface area contributed by atoms with Crippen molar-refractivity contribution in [3.63, 3.8) is 0 Å². The second-order valence-corrected chi connectivity index (χ2v) is 6.13. The van der Waals surface area contributed by atoms with Crippen molar-refractivity contribution in [2.75, 3.05) is 0 Å². The summed E-state index contributed by atoms with van der Waals surface area (Å²) in [5.74, 6) is -0.461. The van der Waals surface area contributed by atoms with Crippen LogP contribution in [0.5, 0.6) is 0 Å². The molecule has 96 valence electrons. The minimum Gasteiger partial charge on any atom is -0.326 e. The normalized spacial score (nSPS) is 12.4. The molecule has 1 aromatic rings. The Morgan fingerprint density at radius 3 is 2.33 bits per heavy atom. The summed E-state index contributed by atoms with van der Waals surface area (Å²) in [5, 5.41) is 4.99. The lowest BCUT2D eigenvalue weighted by atomic mass is 10.2. The molecule has 1 N–H and O–H groups in total. The van der Waals surface area contributed by atoms with Gasteiger partial charge in [0.05, 0.1) is 5.16 Å². The fourth-order valence-corrected chi connectivity index (χ4v) is 1.59. The molecule has 18 heavy (non-hydrogen) atoms. The monoisotopic (exact) mass is 342 g/mol. The van der Waals surface area contributed by atoms with Crippen LogP contribution in [0.2, 0.25) is 5.02 Å². The van der Waals surface area contributed by atoms with Gasteiger partial charge in [0.25, 0.3) is 5.91 Å². The van der Waals surface area contributed by atoms with Crippen LogP contribution in [-0.4, -0.2) is 21.0 Å². The molecule has 0 radical (unpaired) electrons. The zero-order valence-corrected chi connectivity index (χ0v) is 12.5. The van der Waals surface area contributed by atoms with Crippen LogP contribution in [0.1, 0.15) is 10.4 Å². The van der Waals surface area contributed by atoms with Gasteiger partial charge in [-0.2, -0.15) is 0 Å². The minimum absolute atomic E-state index is 0.359. The van der Waals surface area contributed by atoms with Crippen molar-refractivity contribution in [1.82, 2.24) is 5.32 Å². The Bertz CT molecular complexity index is 480. The SMILES string of the molecule is O=C(NC(N=C=S)C(Cl)(Cl)Cl)c1ccc(Cl)cc1. The number of hydrogen-bond donors (Lipinski definition) is 1. The third-order valence-electron chi connectivity index (χ3n) is 1.87. The van der Waals surface area contributed by atoms with E-state index < -0.39 is 15.9 Å². The highest BCUT2D eigenvalue weighted by Gasteiger charge is 2.33. The molecule has 1 amide bonds. The second-order valence-electron chi connectivity index (χ2n) is 3.14. The molecular weight excluding hydrogens is 338 g/mol. The average molecular weight is 344 g/mol. The van der Waals surface area contributed by atoms with Gasteiger partial charge in [-0.1, -0.05) is 46.4 Å². The largest absolute Gasteiger partial charge is 0.326 e. The molecule has 1 atom stereocenters. The van der Waals surface area contributed by atoms with Crippen molar-refractivity contribution in [3.8, 4) is 0 Å². The fourth-order valence-electron chi connectivity index (χ4n) is 1.05. The predicted molar refractivity (Wildman–Crippen MR) is 78.0 cm³/mol. The molecule has 0 aliphatic heterocycles. The van der Waals surface area contributed by atoms with Gasteiger partial charge in [-0.25, -0.2) is 4.99 Å². The maximum Gasteiger partial charge on any atom is 0.253 e. The van der Waals surface area contributed by atoms with Crippen LogP contribution in [-0.2, 0) is 0 Å². The molecule has 1 unspecified atom stereocenters. The van der Waals surface area contributed by atoms with Crippen molar-refractivity contribution in [2.45, 2.75) is 9.96 Å². The summed E-state index contributed by atoms with van der Waals surface area (Å²) in [6, 6.07) is 6.22. The zero-order valence-electron chi connectivity index (χ0n) is 8.66. The Labute approximate surface area is 129 Å². The van der Waals surface area contributed by atoms with E-state index in [9.17, 15) is 4.79 Å². The first kappa shape index (κ1) is 15.7. The van der Waals surface area contributed by atoms with E-state index in [1.807, 2.05) is 0 Å². The van der Waals surface area contributed by atoms with Gasteiger partial charge in [-0.3, -0.25) is 4.79 Å². The Morgan fingerprint density at radius 1 is 1.33 bits per heavy atom. The summed E-state index contributed by atoms with van der Waals surface area (Å²) in [4.78, 5) is 15.4. The highest BCUT2D eigenvalue weighted by molar-refractivity contribution is 7.78. The number of halogens is 4. The summed E-state index contributed by atoms with van der Waals surface area (Å²) in [6.45, 7) is 0. The molecule has 0 saturated heterocycles. The van der Waals surface area contributed by atoms with Gasteiger partial charge < -0.3 is 5.32 Å². The van der Waals surface area contributed by atoms with E-state index >= 15 is 0 Å². The molecule has 0 aliphatic rings. The van der Waals surface area contributed by atoms with Crippen molar-refractivity contribution in [1.29, 1.82) is 0 Å². The van der Waals surface area contributed by atoms with Gasteiger partial charge in [0.2, 0.25) is 3.79 Å². The Morgan fingerprint density at radius 2 is 1.89 bits per heavy atom. The van der Waals surface area contributed by atoms with E-state index in [0.29, 0.717) is 10.6 Å². The molecule has 0 bridgehead atoms. The maximum absolute atomic E-state index is 11.8. The van der Waals surface area contributed by atoms with Gasteiger partial charge in [-0.15, -0.1) is 0 Å². The summed E-state index contributed by atoms with van der Waals surface area (Å²) in [7, 11) is 0. The number of rotatable bonds is 3. The molecule has 0 saturated carbocycles. The van der Waals surface area contributed by atoms with Crippen LogP contribution in [0.3, 0.4) is 0 Å². The van der Waals surface area contributed by atoms with Gasteiger partial charge in [0.15, 0.2) is 6.17 Å². The van der Waals surface area contributed by atoms with E-state index in [1.54, 1.807) is 12.1 Å². The number of amides is 1. The minimum atomic E-state index is -1.81. The number of alkyl halides is 3. The van der Waals surface area contributed by atoms with E-state index in [-0.39, 0.29) is 0 Å². The smallest absolute Gasteiger partial charge is 0.253 e. The summed E-state index contributed by atoms with van der Waals surface area (Å²) < 4.78 is -1.81. The van der Waals surface area contributed by atoms with Gasteiger partial charge >= 0.3 is 0 Å². The predicted octanol–water partition coefficient (Wildman–Crippen LogP) is 3.87. The first-order chi connectivity index (χ1) is 8.34. The first-order valence-electron chi connectivity index (χ1n) is 4.54. The van der Waals surface area contributed by atoms with Gasteiger partial charge in [0, 0.05) is 10.6 Å². The lowest BCUT2D eigenvalue weighted by molar-refractivity contribution is 0.0939. The standard InChI is InChI=1S/C10H6Cl4N2OS/c11-7-3-1-6(2-4-7)8(17)16-9(15-5-18)10(12,13)14/h1-4,9H,(H,16,17). The summed E-state index contributed by atoms with van der Waals surface area (Å²) in [5.41, 5.74) is 0.359. The lowest BCUT2D eigenvalue weighted by Gasteiger charge is -2.20. The third-order valence-corrected chi connectivity index (χ3v) is 2.84. The van der Waals surface area contributed by atoms with Crippen LogP contribution in [0.15, 0.2) is 29.3 Å². The fraction of sp³-hybridized carbons (Fsp3) is 0.200. The van der Waals surface area contributed by atoms with Crippen molar-refractivity contribution in [2.24, 2.45) is 4.99 Å². The highest BCUT2D eigenvalue weighted by Crippen LogP contribution is 2.31. The number of hydrogen-bond acceptors (Lipinski definition) is 3. The van der Waals surface area contributed by atoms with Crippen LogP contribution in [0, 0.1) is 0 Å². The lowest BCUT2D eigenvalue weighted by Crippen LogP contribution is -2.42. The average Bonchev–Trinajstić information content (AvgIpc) is 2.28. The number of aliphatic imine (C=N–C) groups is 1. The number of carbonyl (C=O) groups is 1. The third kappa shape index (κ3) is 4.73. The molecule has 3 nitrogen and oxygen atoms in total. The number of nitrogens with one attached hydrogen (secondary N) is 1. The first-order valence-corrected chi connectivity index (χ1v) is 6.46. The number of carbonyl (C=O) groups excluding carboxylic acids is 1. The topological polar surface area (TPSA) is 41.5 Å². The second kappa shape index (κ2) is 6.71. The molecule has 1 aromatic carbocycles. The molecule has 0 heterocycles. The van der Waals surface area contributed by atoms with Crippen LogP contribution in [0.25, 0.3) is 0 Å². The molecular formula is C10H6Cl4N2OS. The van der Waals surface area contributed by atoms with E-state index in [4.69, 9.17) is 46.4 Å². The number of isothiocyanates is 1. The molecule has 0 aliphatic carbocycles. The Hall–Kier alpha value is -0.350. The maximum atomic E-state index is 11.8. The number of benzene rings is 1.